The van der Waals surface area contributed by atoms with Gasteiger partial charge in [0, 0.05) is 36.4 Å². The van der Waals surface area contributed by atoms with Crippen LogP contribution in [0.1, 0.15) is 44.0 Å². The van der Waals surface area contributed by atoms with E-state index < -0.39 is 27.5 Å². The molecule has 0 saturated carbocycles. The largest absolute Gasteiger partial charge is 0.474 e. The monoisotopic (exact) mass is 548 g/mol. The van der Waals surface area contributed by atoms with E-state index in [2.05, 4.69) is 20.3 Å². The first-order valence-electron chi connectivity index (χ1n) is 12.0. The van der Waals surface area contributed by atoms with Gasteiger partial charge < -0.3 is 24.3 Å². The summed E-state index contributed by atoms with van der Waals surface area (Å²) in [5, 5.41) is 3.48. The molecule has 0 fully saturated rings. The Morgan fingerprint density at radius 3 is 2.47 bits per heavy atom. The van der Waals surface area contributed by atoms with Gasteiger partial charge in [0.25, 0.3) is 0 Å². The maximum absolute atomic E-state index is 12.0. The summed E-state index contributed by atoms with van der Waals surface area (Å²) < 4.78 is 45.4. The van der Waals surface area contributed by atoms with Gasteiger partial charge in [-0.1, -0.05) is 6.07 Å². The standard InChI is InChI=1S/C25H32N4O8S/c1-25(2,3)37-24(31)26-10-6-7-11-35-12-13-36-21-20-18(15-27-23(29-20)38(5,32)33)17-9-8-16(22(30)34-4)14-19(17)28-21/h8-9,14-15H,6-7,10-13H2,1-5H3,(H,26,31). The van der Waals surface area contributed by atoms with Crippen molar-refractivity contribution >= 4 is 43.7 Å². The maximum atomic E-state index is 12.0. The molecule has 0 atom stereocenters. The Hall–Kier alpha value is -3.58. The van der Waals surface area contributed by atoms with E-state index in [-0.39, 0.29) is 29.8 Å². The third-order valence-corrected chi connectivity index (χ3v) is 5.94. The number of rotatable bonds is 11. The van der Waals surface area contributed by atoms with E-state index in [0.29, 0.717) is 47.8 Å². The second kappa shape index (κ2) is 12.3. The van der Waals surface area contributed by atoms with E-state index in [1.54, 1.807) is 39.0 Å². The fraction of sp³-hybridized carbons (Fsp3) is 0.480. The molecule has 0 bridgehead atoms. The van der Waals surface area contributed by atoms with Crippen molar-refractivity contribution in [2.75, 3.05) is 39.7 Å². The van der Waals surface area contributed by atoms with E-state index in [9.17, 15) is 18.0 Å². The molecule has 2 aromatic heterocycles. The first-order chi connectivity index (χ1) is 17.9. The molecule has 2 heterocycles. The Kier molecular flexibility index (Phi) is 9.39. The van der Waals surface area contributed by atoms with Crippen LogP contribution >= 0.6 is 0 Å². The zero-order chi connectivity index (χ0) is 27.9. The number of hydrogen-bond donors (Lipinski definition) is 1. The number of carbonyl (C=O) groups is 2. The number of methoxy groups -OCH3 is 1. The molecule has 0 spiro atoms. The smallest absolute Gasteiger partial charge is 0.407 e. The van der Waals surface area contributed by atoms with Crippen LogP contribution in [0.25, 0.3) is 21.8 Å². The van der Waals surface area contributed by atoms with Crippen molar-refractivity contribution in [1.29, 1.82) is 0 Å². The molecule has 1 N–H and O–H groups in total. The third-order valence-electron chi connectivity index (χ3n) is 5.08. The van der Waals surface area contributed by atoms with Crippen LogP contribution in [0.3, 0.4) is 0 Å². The van der Waals surface area contributed by atoms with E-state index >= 15 is 0 Å². The van der Waals surface area contributed by atoms with Gasteiger partial charge in [-0.15, -0.1) is 0 Å². The second-order valence-corrected chi connectivity index (χ2v) is 11.3. The Morgan fingerprint density at radius 1 is 1.03 bits per heavy atom. The fourth-order valence-corrected chi connectivity index (χ4v) is 3.90. The van der Waals surface area contributed by atoms with E-state index in [1.165, 1.54) is 13.3 Å². The molecule has 0 radical (unpaired) electrons. The topological polar surface area (TPSA) is 156 Å². The number of fused-ring (bicyclic) bond motifs is 3. The number of aromatic nitrogens is 3. The first-order valence-corrected chi connectivity index (χ1v) is 13.8. The van der Waals surface area contributed by atoms with Gasteiger partial charge in [-0.2, -0.15) is 0 Å². The van der Waals surface area contributed by atoms with Gasteiger partial charge in [-0.05, 0) is 45.7 Å². The van der Waals surface area contributed by atoms with Gasteiger partial charge in [0.05, 0.1) is 24.8 Å². The number of alkyl carbamates (subject to hydrolysis) is 1. The molecule has 0 unspecified atom stereocenters. The van der Waals surface area contributed by atoms with Gasteiger partial charge in [-0.25, -0.2) is 33.0 Å². The highest BCUT2D eigenvalue weighted by Crippen LogP contribution is 2.30. The molecule has 206 valence electrons. The van der Waals surface area contributed by atoms with Crippen LogP contribution in [0.2, 0.25) is 0 Å². The molecule has 12 nitrogen and oxygen atoms in total. The lowest BCUT2D eigenvalue weighted by atomic mass is 10.1. The molecule has 0 aliphatic rings. The Bertz CT molecular complexity index is 1420. The van der Waals surface area contributed by atoms with Crippen LogP contribution in [0.5, 0.6) is 5.88 Å². The minimum Gasteiger partial charge on any atom is -0.474 e. The number of benzene rings is 1. The van der Waals surface area contributed by atoms with Gasteiger partial charge in [0.2, 0.25) is 20.9 Å². The normalized spacial score (nSPS) is 11.9. The molecule has 1 aromatic carbocycles. The number of nitrogens with zero attached hydrogens (tertiary/aromatic N) is 3. The van der Waals surface area contributed by atoms with Crippen LogP contribution in [0, 0.1) is 0 Å². The third kappa shape index (κ3) is 7.96. The summed E-state index contributed by atoms with van der Waals surface area (Å²) in [6, 6.07) is 4.81. The van der Waals surface area contributed by atoms with Crippen molar-refractivity contribution in [3.63, 3.8) is 0 Å². The highest BCUT2D eigenvalue weighted by molar-refractivity contribution is 7.90. The maximum Gasteiger partial charge on any atom is 0.407 e. The second-order valence-electron chi connectivity index (χ2n) is 9.42. The number of hydrogen-bond acceptors (Lipinski definition) is 11. The first kappa shape index (κ1) is 29.0. The van der Waals surface area contributed by atoms with Crippen LogP contribution in [0.15, 0.2) is 29.6 Å². The number of ether oxygens (including phenoxy) is 4. The minimum absolute atomic E-state index is 0.0898. The van der Waals surface area contributed by atoms with Crippen molar-refractivity contribution in [2.24, 2.45) is 0 Å². The summed E-state index contributed by atoms with van der Waals surface area (Å²) in [5.74, 6) is -0.429. The van der Waals surface area contributed by atoms with E-state index in [0.717, 1.165) is 6.26 Å². The Morgan fingerprint density at radius 2 is 1.79 bits per heavy atom. The molecule has 13 heteroatoms. The molecule has 38 heavy (non-hydrogen) atoms. The van der Waals surface area contributed by atoms with E-state index in [4.69, 9.17) is 18.9 Å². The molecule has 3 aromatic rings. The summed E-state index contributed by atoms with van der Waals surface area (Å²) in [5.41, 5.74) is 0.424. The molecule has 3 rings (SSSR count). The van der Waals surface area contributed by atoms with Crippen molar-refractivity contribution in [2.45, 2.75) is 44.4 Å². The quantitative estimate of drug-likeness (QED) is 0.163. The molecular formula is C25H32N4O8S. The lowest BCUT2D eigenvalue weighted by molar-refractivity contribution is 0.0522. The number of sulfone groups is 1. The Labute approximate surface area is 221 Å². The van der Waals surface area contributed by atoms with Gasteiger partial charge >= 0.3 is 12.1 Å². The number of pyridine rings is 1. The number of unbranched alkanes of at least 4 members (excludes halogenated alkanes) is 1. The predicted molar refractivity (Wildman–Crippen MR) is 139 cm³/mol. The molecule has 1 amide bonds. The van der Waals surface area contributed by atoms with Gasteiger partial charge in [0.15, 0.2) is 0 Å². The average molecular weight is 549 g/mol. The van der Waals surface area contributed by atoms with Crippen LogP contribution in [0.4, 0.5) is 4.79 Å². The highest BCUT2D eigenvalue weighted by Gasteiger charge is 2.19. The number of nitrogens with one attached hydrogen (secondary N) is 1. The molecule has 0 aliphatic carbocycles. The number of amides is 1. The molecule has 0 saturated heterocycles. The lowest BCUT2D eigenvalue weighted by Gasteiger charge is -2.19. The zero-order valence-corrected chi connectivity index (χ0v) is 22.9. The summed E-state index contributed by atoms with van der Waals surface area (Å²) in [4.78, 5) is 36.3. The minimum atomic E-state index is -3.67. The van der Waals surface area contributed by atoms with Crippen molar-refractivity contribution in [3.8, 4) is 5.88 Å². The average Bonchev–Trinajstić information content (AvgIpc) is 2.84. The SMILES string of the molecule is COC(=O)c1ccc2c(c1)nc(OCCOCCCCNC(=O)OC(C)(C)C)c1nc(S(C)(=O)=O)ncc12. The van der Waals surface area contributed by atoms with Crippen LogP contribution in [-0.4, -0.2) is 80.8 Å². The van der Waals surface area contributed by atoms with Crippen LogP contribution < -0.4 is 10.1 Å². The van der Waals surface area contributed by atoms with Crippen molar-refractivity contribution < 1.29 is 37.0 Å². The number of carbonyl (C=O) groups excluding carboxylic acids is 2. The highest BCUT2D eigenvalue weighted by atomic mass is 32.2. The Balaban J connectivity index is 1.64. The summed E-state index contributed by atoms with van der Waals surface area (Å²) in [6.45, 7) is 6.69. The van der Waals surface area contributed by atoms with Gasteiger partial charge in [-0.3, -0.25) is 0 Å². The summed E-state index contributed by atoms with van der Waals surface area (Å²) in [6.07, 6.45) is 3.39. The lowest BCUT2D eigenvalue weighted by Crippen LogP contribution is -2.33. The summed E-state index contributed by atoms with van der Waals surface area (Å²) >= 11 is 0. The van der Waals surface area contributed by atoms with Crippen molar-refractivity contribution in [3.05, 3.63) is 30.0 Å². The predicted octanol–water partition coefficient (Wildman–Crippen LogP) is 3.07. The fourth-order valence-electron chi connectivity index (χ4n) is 3.40. The van der Waals surface area contributed by atoms with Gasteiger partial charge in [0.1, 0.15) is 17.7 Å². The molecular weight excluding hydrogens is 516 g/mol. The number of esters is 1. The summed E-state index contributed by atoms with van der Waals surface area (Å²) in [7, 11) is -2.38. The molecule has 0 aliphatic heterocycles. The zero-order valence-electron chi connectivity index (χ0n) is 22.1. The van der Waals surface area contributed by atoms with E-state index in [1.807, 2.05) is 0 Å². The van der Waals surface area contributed by atoms with Crippen molar-refractivity contribution in [1.82, 2.24) is 20.3 Å². The van der Waals surface area contributed by atoms with Crippen LogP contribution in [-0.2, 0) is 24.0 Å².